The van der Waals surface area contributed by atoms with E-state index in [-0.39, 0.29) is 17.8 Å². The number of hydrogen-bond acceptors (Lipinski definition) is 2. The highest BCUT2D eigenvalue weighted by molar-refractivity contribution is 5.85. The van der Waals surface area contributed by atoms with E-state index >= 15 is 0 Å². The Bertz CT molecular complexity index is 464. The molecule has 2 nitrogen and oxygen atoms in total. The molecule has 0 atom stereocenters. The smallest absolute Gasteiger partial charge is 0.416 e. The molecule has 0 unspecified atom stereocenters. The van der Waals surface area contributed by atoms with Crippen LogP contribution in [0, 0.1) is 0 Å². The zero-order chi connectivity index (χ0) is 12.8. The lowest BCUT2D eigenvalue weighted by atomic mass is 9.74. The molecular formula is C13H15ClF3NO. The van der Waals surface area contributed by atoms with Crippen LogP contribution in [0.1, 0.15) is 24.0 Å². The van der Waals surface area contributed by atoms with Crippen molar-refractivity contribution in [3.8, 4) is 5.75 Å². The van der Waals surface area contributed by atoms with Gasteiger partial charge < -0.3 is 10.1 Å². The molecule has 3 rings (SSSR count). The summed E-state index contributed by atoms with van der Waals surface area (Å²) in [5.41, 5.74) is -0.0644. The van der Waals surface area contributed by atoms with Crippen LogP contribution in [-0.4, -0.2) is 19.7 Å². The maximum Gasteiger partial charge on any atom is 0.416 e. The van der Waals surface area contributed by atoms with Crippen LogP contribution in [0.15, 0.2) is 18.2 Å². The third-order valence-electron chi connectivity index (χ3n) is 3.94. The van der Waals surface area contributed by atoms with Crippen molar-refractivity contribution in [2.75, 3.05) is 19.7 Å². The molecule has 1 aromatic rings. The van der Waals surface area contributed by atoms with Gasteiger partial charge in [0, 0.05) is 11.0 Å². The summed E-state index contributed by atoms with van der Waals surface area (Å²) in [7, 11) is 0. The first-order chi connectivity index (χ1) is 8.51. The van der Waals surface area contributed by atoms with Crippen LogP contribution in [0.2, 0.25) is 0 Å². The summed E-state index contributed by atoms with van der Waals surface area (Å²) in [4.78, 5) is 0. The van der Waals surface area contributed by atoms with Crippen LogP contribution in [0.5, 0.6) is 5.75 Å². The first-order valence-corrected chi connectivity index (χ1v) is 6.07. The molecule has 0 saturated carbocycles. The molecule has 2 heterocycles. The van der Waals surface area contributed by atoms with E-state index in [0.717, 1.165) is 37.6 Å². The lowest BCUT2D eigenvalue weighted by Gasteiger charge is -2.32. The second kappa shape index (κ2) is 4.87. The van der Waals surface area contributed by atoms with Gasteiger partial charge in [-0.25, -0.2) is 0 Å². The van der Waals surface area contributed by atoms with Gasteiger partial charge in [0.05, 0.1) is 12.2 Å². The predicted molar refractivity (Wildman–Crippen MR) is 68.0 cm³/mol. The van der Waals surface area contributed by atoms with Crippen LogP contribution < -0.4 is 10.1 Å². The second-order valence-electron chi connectivity index (χ2n) is 5.03. The molecule has 0 bridgehead atoms. The number of benzene rings is 1. The molecule has 0 amide bonds. The van der Waals surface area contributed by atoms with Gasteiger partial charge >= 0.3 is 6.18 Å². The first-order valence-electron chi connectivity index (χ1n) is 6.07. The summed E-state index contributed by atoms with van der Waals surface area (Å²) in [6, 6.07) is 3.82. The molecule has 6 heteroatoms. The van der Waals surface area contributed by atoms with Crippen LogP contribution in [0.3, 0.4) is 0 Å². The number of piperidine rings is 1. The fraction of sp³-hybridized carbons (Fsp3) is 0.538. The van der Waals surface area contributed by atoms with Gasteiger partial charge in [-0.2, -0.15) is 13.2 Å². The van der Waals surface area contributed by atoms with Gasteiger partial charge in [-0.05, 0) is 44.1 Å². The van der Waals surface area contributed by atoms with Gasteiger partial charge in [-0.3, -0.25) is 0 Å². The third-order valence-corrected chi connectivity index (χ3v) is 3.94. The van der Waals surface area contributed by atoms with Gasteiger partial charge in [0.15, 0.2) is 0 Å². The monoisotopic (exact) mass is 293 g/mol. The van der Waals surface area contributed by atoms with Crippen molar-refractivity contribution < 1.29 is 17.9 Å². The van der Waals surface area contributed by atoms with Crippen LogP contribution >= 0.6 is 12.4 Å². The standard InChI is InChI=1S/C13H14F3NO.ClH/c14-13(15,16)9-1-2-11-10(7-9)12(8-18-11)3-5-17-6-4-12;/h1-2,7,17H,3-6,8H2;1H. The molecule has 2 aliphatic rings. The van der Waals surface area contributed by atoms with Crippen molar-refractivity contribution in [2.24, 2.45) is 0 Å². The summed E-state index contributed by atoms with van der Waals surface area (Å²) in [6.45, 7) is 2.17. The first kappa shape index (κ1) is 14.5. The molecule has 1 saturated heterocycles. The minimum absolute atomic E-state index is 0. The average molecular weight is 294 g/mol. The number of ether oxygens (including phenoxy) is 1. The molecule has 1 N–H and O–H groups in total. The Morgan fingerprint density at radius 2 is 1.84 bits per heavy atom. The molecule has 0 radical (unpaired) electrons. The van der Waals surface area contributed by atoms with E-state index in [2.05, 4.69) is 5.32 Å². The number of halogens is 4. The third kappa shape index (κ3) is 2.41. The summed E-state index contributed by atoms with van der Waals surface area (Å²) in [5.74, 6) is 0.616. The quantitative estimate of drug-likeness (QED) is 0.793. The molecule has 1 fully saturated rings. The Morgan fingerprint density at radius 3 is 2.47 bits per heavy atom. The fourth-order valence-corrected chi connectivity index (χ4v) is 2.86. The maximum atomic E-state index is 12.8. The van der Waals surface area contributed by atoms with Crippen molar-refractivity contribution in [2.45, 2.75) is 24.4 Å². The Kier molecular flexibility index (Phi) is 3.71. The van der Waals surface area contributed by atoms with Gasteiger partial charge in [-0.15, -0.1) is 12.4 Å². The molecule has 0 aromatic heterocycles. The number of hydrogen-bond donors (Lipinski definition) is 1. The topological polar surface area (TPSA) is 21.3 Å². The Balaban J connectivity index is 0.00000133. The van der Waals surface area contributed by atoms with Crippen molar-refractivity contribution in [1.82, 2.24) is 5.32 Å². The number of alkyl halides is 3. The van der Waals surface area contributed by atoms with Gasteiger partial charge in [0.2, 0.25) is 0 Å². The van der Waals surface area contributed by atoms with Gasteiger partial charge in [0.1, 0.15) is 5.75 Å². The minimum Gasteiger partial charge on any atom is -0.492 e. The predicted octanol–water partition coefficient (Wildman–Crippen LogP) is 3.14. The summed E-state index contributed by atoms with van der Waals surface area (Å²) in [6.07, 6.45) is -2.62. The highest BCUT2D eigenvalue weighted by Gasteiger charge is 2.43. The van der Waals surface area contributed by atoms with Crippen molar-refractivity contribution in [3.63, 3.8) is 0 Å². The minimum atomic E-state index is -4.29. The molecule has 19 heavy (non-hydrogen) atoms. The van der Waals surface area contributed by atoms with Gasteiger partial charge in [0.25, 0.3) is 0 Å². The summed E-state index contributed by atoms with van der Waals surface area (Å²) in [5, 5.41) is 3.23. The van der Waals surface area contributed by atoms with Crippen LogP contribution in [0.4, 0.5) is 13.2 Å². The zero-order valence-electron chi connectivity index (χ0n) is 10.2. The van der Waals surface area contributed by atoms with E-state index in [4.69, 9.17) is 4.74 Å². The molecular weight excluding hydrogens is 279 g/mol. The number of nitrogens with one attached hydrogen (secondary N) is 1. The van der Waals surface area contributed by atoms with Crippen molar-refractivity contribution >= 4 is 12.4 Å². The molecule has 1 spiro atoms. The SMILES string of the molecule is Cl.FC(F)(F)c1ccc2c(c1)C1(CCNCC1)CO2. The Morgan fingerprint density at radius 1 is 1.16 bits per heavy atom. The highest BCUT2D eigenvalue weighted by Crippen LogP contribution is 2.46. The average Bonchev–Trinajstić information content (AvgIpc) is 2.68. The van der Waals surface area contributed by atoms with E-state index in [1.54, 1.807) is 0 Å². The van der Waals surface area contributed by atoms with E-state index < -0.39 is 11.7 Å². The molecule has 2 aliphatic heterocycles. The van der Waals surface area contributed by atoms with Crippen molar-refractivity contribution in [1.29, 1.82) is 0 Å². The van der Waals surface area contributed by atoms with E-state index in [0.29, 0.717) is 12.4 Å². The maximum absolute atomic E-state index is 12.8. The fourth-order valence-electron chi connectivity index (χ4n) is 2.86. The van der Waals surface area contributed by atoms with Crippen molar-refractivity contribution in [3.05, 3.63) is 29.3 Å². The number of rotatable bonds is 0. The highest BCUT2D eigenvalue weighted by atomic mass is 35.5. The number of fused-ring (bicyclic) bond motifs is 2. The van der Waals surface area contributed by atoms with E-state index in [1.807, 2.05) is 0 Å². The normalized spacial score (nSPS) is 20.6. The van der Waals surface area contributed by atoms with E-state index in [1.165, 1.54) is 12.1 Å². The Hall–Kier alpha value is -0.940. The Labute approximate surface area is 115 Å². The van der Waals surface area contributed by atoms with Gasteiger partial charge in [-0.1, -0.05) is 0 Å². The lowest BCUT2D eigenvalue weighted by Crippen LogP contribution is -2.41. The van der Waals surface area contributed by atoms with Crippen LogP contribution in [0.25, 0.3) is 0 Å². The largest absolute Gasteiger partial charge is 0.492 e. The second-order valence-corrected chi connectivity index (χ2v) is 5.03. The summed E-state index contributed by atoms with van der Waals surface area (Å²) >= 11 is 0. The zero-order valence-corrected chi connectivity index (χ0v) is 11.0. The van der Waals surface area contributed by atoms with Crippen LogP contribution in [-0.2, 0) is 11.6 Å². The molecule has 0 aliphatic carbocycles. The molecule has 106 valence electrons. The van der Waals surface area contributed by atoms with E-state index in [9.17, 15) is 13.2 Å². The molecule has 1 aromatic carbocycles. The summed E-state index contributed by atoms with van der Waals surface area (Å²) < 4.78 is 43.8. The lowest BCUT2D eigenvalue weighted by molar-refractivity contribution is -0.137.